The van der Waals surface area contributed by atoms with Crippen LogP contribution in [-0.4, -0.2) is 18.8 Å². The van der Waals surface area contributed by atoms with E-state index < -0.39 is 5.41 Å². The Hall–Kier alpha value is -0.610. The van der Waals surface area contributed by atoms with Crippen LogP contribution in [0.2, 0.25) is 0 Å². The highest BCUT2D eigenvalue weighted by Gasteiger charge is 2.24. The third-order valence-corrected chi connectivity index (χ3v) is 2.99. The number of benzene rings is 1. The molecule has 84 valence electrons. The Morgan fingerprint density at radius 1 is 1.47 bits per heavy atom. The van der Waals surface area contributed by atoms with Crippen LogP contribution in [-0.2, 0) is 5.41 Å². The molecule has 0 aromatic heterocycles. The predicted molar refractivity (Wildman–Crippen MR) is 60.8 cm³/mol. The lowest BCUT2D eigenvalue weighted by molar-refractivity contribution is 0.214. The molecule has 0 atom stereocenters. The topological polar surface area (TPSA) is 29.5 Å². The van der Waals surface area contributed by atoms with Gasteiger partial charge in [0.25, 0.3) is 0 Å². The van der Waals surface area contributed by atoms with Crippen LogP contribution in [0.1, 0.15) is 19.4 Å². The summed E-state index contributed by atoms with van der Waals surface area (Å²) in [4.78, 5) is 0. The molecule has 1 rings (SSSR count). The van der Waals surface area contributed by atoms with Gasteiger partial charge in [-0.25, -0.2) is 4.39 Å². The van der Waals surface area contributed by atoms with Crippen molar-refractivity contribution < 1.29 is 14.2 Å². The summed E-state index contributed by atoms with van der Waals surface area (Å²) in [5, 5.41) is 9.18. The molecule has 0 radical (unpaired) electrons. The van der Waals surface area contributed by atoms with Crippen LogP contribution in [0.4, 0.5) is 4.39 Å². The van der Waals surface area contributed by atoms with Crippen molar-refractivity contribution in [3.05, 3.63) is 28.0 Å². The Kier molecular flexibility index (Phi) is 3.73. The second kappa shape index (κ2) is 4.49. The molecule has 1 aromatic rings. The Balaban J connectivity index is 3.28. The molecule has 2 nitrogen and oxygen atoms in total. The molecule has 0 bridgehead atoms. The van der Waals surface area contributed by atoms with Crippen molar-refractivity contribution in [1.29, 1.82) is 0 Å². The van der Waals surface area contributed by atoms with Crippen LogP contribution in [0.25, 0.3) is 0 Å². The van der Waals surface area contributed by atoms with Gasteiger partial charge in [0.15, 0.2) is 0 Å². The molecule has 1 N–H and O–H groups in total. The molecule has 0 saturated heterocycles. The highest BCUT2D eigenvalue weighted by molar-refractivity contribution is 9.10. The fourth-order valence-corrected chi connectivity index (χ4v) is 1.79. The number of aliphatic hydroxyl groups excluding tert-OH is 1. The van der Waals surface area contributed by atoms with Gasteiger partial charge in [-0.05, 0) is 27.6 Å². The SMILES string of the molecule is COc1cc(F)c(C(C)(C)CO)cc1Br. The molecule has 15 heavy (non-hydrogen) atoms. The lowest BCUT2D eigenvalue weighted by atomic mass is 9.85. The van der Waals surface area contributed by atoms with Crippen LogP contribution in [0.5, 0.6) is 5.75 Å². The van der Waals surface area contributed by atoms with E-state index in [0.29, 0.717) is 15.8 Å². The average Bonchev–Trinajstić information content (AvgIpc) is 2.20. The molecule has 0 heterocycles. The Morgan fingerprint density at radius 3 is 2.53 bits per heavy atom. The lowest BCUT2D eigenvalue weighted by Crippen LogP contribution is -2.23. The van der Waals surface area contributed by atoms with Gasteiger partial charge >= 0.3 is 0 Å². The van der Waals surface area contributed by atoms with Crippen molar-refractivity contribution in [2.75, 3.05) is 13.7 Å². The largest absolute Gasteiger partial charge is 0.495 e. The zero-order chi connectivity index (χ0) is 11.6. The average molecular weight is 277 g/mol. The maximum Gasteiger partial charge on any atom is 0.135 e. The van der Waals surface area contributed by atoms with Gasteiger partial charge in [0.05, 0.1) is 18.2 Å². The predicted octanol–water partition coefficient (Wildman–Crippen LogP) is 2.87. The first kappa shape index (κ1) is 12.5. The molecular formula is C11H14BrFO2. The fraction of sp³-hybridized carbons (Fsp3) is 0.455. The summed E-state index contributed by atoms with van der Waals surface area (Å²) in [5.74, 6) is 0.0825. The standard InChI is InChI=1S/C11H14BrFO2/c1-11(2,6-14)7-4-8(12)10(15-3)5-9(7)13/h4-5,14H,6H2,1-3H3. The molecule has 0 fully saturated rings. The lowest BCUT2D eigenvalue weighted by Gasteiger charge is -2.23. The molecule has 0 amide bonds. The Bertz CT molecular complexity index is 364. The second-order valence-electron chi connectivity index (χ2n) is 4.01. The zero-order valence-electron chi connectivity index (χ0n) is 8.97. The minimum absolute atomic E-state index is 0.108. The number of aliphatic hydroxyl groups is 1. The van der Waals surface area contributed by atoms with E-state index in [1.165, 1.54) is 13.2 Å². The number of hydrogen-bond acceptors (Lipinski definition) is 2. The third kappa shape index (κ3) is 2.49. The summed E-state index contributed by atoms with van der Waals surface area (Å²) >= 11 is 3.29. The van der Waals surface area contributed by atoms with Crippen molar-refractivity contribution >= 4 is 15.9 Å². The van der Waals surface area contributed by atoms with Crippen LogP contribution in [0.15, 0.2) is 16.6 Å². The molecule has 4 heteroatoms. The number of halogens is 2. The van der Waals surface area contributed by atoms with Gasteiger partial charge in [0, 0.05) is 11.5 Å². The van der Waals surface area contributed by atoms with Gasteiger partial charge in [0.1, 0.15) is 11.6 Å². The second-order valence-corrected chi connectivity index (χ2v) is 4.86. The number of rotatable bonds is 3. The molecular weight excluding hydrogens is 263 g/mol. The van der Waals surface area contributed by atoms with E-state index in [0.717, 1.165) is 0 Å². The van der Waals surface area contributed by atoms with Gasteiger partial charge in [-0.15, -0.1) is 0 Å². The smallest absolute Gasteiger partial charge is 0.135 e. The zero-order valence-corrected chi connectivity index (χ0v) is 10.6. The van der Waals surface area contributed by atoms with Gasteiger partial charge in [0.2, 0.25) is 0 Å². The summed E-state index contributed by atoms with van der Waals surface area (Å²) in [5.41, 5.74) is -0.128. The highest BCUT2D eigenvalue weighted by atomic mass is 79.9. The highest BCUT2D eigenvalue weighted by Crippen LogP contribution is 2.33. The van der Waals surface area contributed by atoms with E-state index in [9.17, 15) is 9.50 Å². The van der Waals surface area contributed by atoms with Crippen molar-refractivity contribution in [3.8, 4) is 5.75 Å². The number of ether oxygens (including phenoxy) is 1. The maximum atomic E-state index is 13.7. The summed E-state index contributed by atoms with van der Waals surface area (Å²) in [6.45, 7) is 3.46. The van der Waals surface area contributed by atoms with Crippen molar-refractivity contribution in [2.24, 2.45) is 0 Å². The maximum absolute atomic E-state index is 13.7. The summed E-state index contributed by atoms with van der Waals surface area (Å²) in [6.07, 6.45) is 0. The van der Waals surface area contributed by atoms with E-state index in [-0.39, 0.29) is 12.4 Å². The molecule has 0 aliphatic rings. The Morgan fingerprint density at radius 2 is 2.07 bits per heavy atom. The van der Waals surface area contributed by atoms with E-state index in [1.54, 1.807) is 19.9 Å². The van der Waals surface area contributed by atoms with Crippen LogP contribution in [0.3, 0.4) is 0 Å². The van der Waals surface area contributed by atoms with Crippen molar-refractivity contribution in [1.82, 2.24) is 0 Å². The van der Waals surface area contributed by atoms with E-state index in [2.05, 4.69) is 15.9 Å². The quantitative estimate of drug-likeness (QED) is 0.920. The molecule has 0 aliphatic carbocycles. The van der Waals surface area contributed by atoms with E-state index in [4.69, 9.17) is 4.74 Å². The first-order valence-electron chi connectivity index (χ1n) is 4.56. The molecule has 0 spiro atoms. The monoisotopic (exact) mass is 276 g/mol. The molecule has 0 unspecified atom stereocenters. The van der Waals surface area contributed by atoms with Gasteiger partial charge in [-0.1, -0.05) is 13.8 Å². The van der Waals surface area contributed by atoms with E-state index >= 15 is 0 Å². The molecule has 0 saturated carbocycles. The summed E-state index contributed by atoms with van der Waals surface area (Å²) in [6, 6.07) is 2.96. The van der Waals surface area contributed by atoms with Crippen LogP contribution in [0, 0.1) is 5.82 Å². The first-order chi connectivity index (χ1) is 6.92. The van der Waals surface area contributed by atoms with Gasteiger partial charge in [-0.2, -0.15) is 0 Å². The van der Waals surface area contributed by atoms with Crippen LogP contribution < -0.4 is 4.74 Å². The normalized spacial score (nSPS) is 11.6. The fourth-order valence-electron chi connectivity index (χ4n) is 1.29. The Labute approximate surface area is 97.2 Å². The van der Waals surface area contributed by atoms with Crippen molar-refractivity contribution in [3.63, 3.8) is 0 Å². The number of hydrogen-bond donors (Lipinski definition) is 1. The third-order valence-electron chi connectivity index (χ3n) is 2.37. The van der Waals surface area contributed by atoms with Crippen LogP contribution >= 0.6 is 15.9 Å². The van der Waals surface area contributed by atoms with Crippen molar-refractivity contribution in [2.45, 2.75) is 19.3 Å². The summed E-state index contributed by atoms with van der Waals surface area (Å²) in [7, 11) is 1.48. The molecule has 0 aliphatic heterocycles. The minimum Gasteiger partial charge on any atom is -0.495 e. The molecule has 1 aromatic carbocycles. The first-order valence-corrected chi connectivity index (χ1v) is 5.36. The number of methoxy groups -OCH3 is 1. The van der Waals surface area contributed by atoms with Gasteiger partial charge < -0.3 is 9.84 Å². The minimum atomic E-state index is -0.598. The summed E-state index contributed by atoms with van der Waals surface area (Å²) < 4.78 is 19.3. The van der Waals surface area contributed by atoms with E-state index in [1.807, 2.05) is 0 Å². The van der Waals surface area contributed by atoms with Gasteiger partial charge in [-0.3, -0.25) is 0 Å².